The quantitative estimate of drug-likeness (QED) is 0.586. The summed E-state index contributed by atoms with van der Waals surface area (Å²) in [5.74, 6) is 5.62. The second-order valence-electron chi connectivity index (χ2n) is 4.20. The van der Waals surface area contributed by atoms with Gasteiger partial charge >= 0.3 is 0 Å². The molecule has 0 radical (unpaired) electrons. The molecule has 0 saturated carbocycles. The first kappa shape index (κ1) is 11.8. The molecule has 0 aliphatic carbocycles. The predicted molar refractivity (Wildman–Crippen MR) is 64.9 cm³/mol. The summed E-state index contributed by atoms with van der Waals surface area (Å²) in [5, 5.41) is 8.48. The summed E-state index contributed by atoms with van der Waals surface area (Å²) in [4.78, 5) is 0. The molecule has 3 N–H and O–H groups in total. The van der Waals surface area contributed by atoms with Gasteiger partial charge in [0.25, 0.3) is 0 Å². The van der Waals surface area contributed by atoms with Gasteiger partial charge in [-0.05, 0) is 19.1 Å². The Kier molecular flexibility index (Phi) is 3.26. The molecule has 0 aromatic carbocycles. The molecule has 0 aliphatic heterocycles. The lowest BCUT2D eigenvalue weighted by Gasteiger charge is -2.16. The zero-order chi connectivity index (χ0) is 12.4. The molecular formula is C11H18N6. The first-order chi connectivity index (χ1) is 8.11. The number of nitrogens with two attached hydrogens (primary N) is 1. The van der Waals surface area contributed by atoms with Crippen LogP contribution < -0.4 is 11.3 Å². The number of nitrogens with zero attached hydrogens (tertiary/aromatic N) is 4. The van der Waals surface area contributed by atoms with E-state index in [1.807, 2.05) is 36.4 Å². The van der Waals surface area contributed by atoms with Crippen LogP contribution >= 0.6 is 0 Å². The number of hydrogen-bond acceptors (Lipinski definition) is 4. The molecule has 6 nitrogen and oxygen atoms in total. The Labute approximate surface area is 100 Å². The number of aromatic nitrogens is 4. The SMILES string of the molecule is Cc1cc(CC(NN)c2ccnn2C)n(C)n1. The van der Waals surface area contributed by atoms with Gasteiger partial charge in [-0.3, -0.25) is 20.6 Å². The lowest BCUT2D eigenvalue weighted by molar-refractivity contribution is 0.493. The van der Waals surface area contributed by atoms with Crippen molar-refractivity contribution in [2.75, 3.05) is 0 Å². The van der Waals surface area contributed by atoms with Gasteiger partial charge in [0.1, 0.15) is 0 Å². The fourth-order valence-electron chi connectivity index (χ4n) is 2.04. The highest BCUT2D eigenvalue weighted by molar-refractivity contribution is 5.15. The van der Waals surface area contributed by atoms with Gasteiger partial charge in [0.2, 0.25) is 0 Å². The Hall–Kier alpha value is -1.66. The third-order valence-electron chi connectivity index (χ3n) is 2.93. The molecule has 2 heterocycles. The van der Waals surface area contributed by atoms with E-state index in [0.29, 0.717) is 0 Å². The highest BCUT2D eigenvalue weighted by Gasteiger charge is 2.16. The molecule has 0 spiro atoms. The van der Waals surface area contributed by atoms with Crippen molar-refractivity contribution < 1.29 is 0 Å². The second-order valence-corrected chi connectivity index (χ2v) is 4.20. The third-order valence-corrected chi connectivity index (χ3v) is 2.93. The summed E-state index contributed by atoms with van der Waals surface area (Å²) >= 11 is 0. The molecule has 0 aliphatic rings. The Bertz CT molecular complexity index is 498. The zero-order valence-electron chi connectivity index (χ0n) is 10.4. The van der Waals surface area contributed by atoms with Crippen LogP contribution in [-0.2, 0) is 20.5 Å². The van der Waals surface area contributed by atoms with E-state index in [0.717, 1.165) is 23.5 Å². The van der Waals surface area contributed by atoms with Crippen molar-refractivity contribution in [2.24, 2.45) is 19.9 Å². The fourth-order valence-corrected chi connectivity index (χ4v) is 2.04. The molecule has 0 bridgehead atoms. The average Bonchev–Trinajstić information content (AvgIpc) is 2.82. The number of aryl methyl sites for hydroxylation is 3. The van der Waals surface area contributed by atoms with Gasteiger partial charge in [-0.1, -0.05) is 0 Å². The van der Waals surface area contributed by atoms with E-state index >= 15 is 0 Å². The van der Waals surface area contributed by atoms with Crippen molar-refractivity contribution in [3.05, 3.63) is 35.4 Å². The minimum Gasteiger partial charge on any atom is -0.272 e. The average molecular weight is 234 g/mol. The van der Waals surface area contributed by atoms with Crippen LogP contribution in [0.25, 0.3) is 0 Å². The summed E-state index contributed by atoms with van der Waals surface area (Å²) in [7, 11) is 3.85. The van der Waals surface area contributed by atoms with Crippen LogP contribution in [0, 0.1) is 6.92 Å². The van der Waals surface area contributed by atoms with E-state index in [2.05, 4.69) is 21.7 Å². The molecule has 1 atom stereocenters. The van der Waals surface area contributed by atoms with E-state index < -0.39 is 0 Å². The third kappa shape index (κ3) is 2.37. The highest BCUT2D eigenvalue weighted by Crippen LogP contribution is 2.17. The summed E-state index contributed by atoms with van der Waals surface area (Å²) in [6.45, 7) is 1.98. The van der Waals surface area contributed by atoms with Crippen LogP contribution in [0.4, 0.5) is 0 Å². The van der Waals surface area contributed by atoms with Gasteiger partial charge in [-0.2, -0.15) is 10.2 Å². The summed E-state index contributed by atoms with van der Waals surface area (Å²) in [6, 6.07) is 4.08. The summed E-state index contributed by atoms with van der Waals surface area (Å²) in [6.07, 6.45) is 2.56. The Balaban J connectivity index is 2.21. The Morgan fingerprint density at radius 1 is 1.41 bits per heavy atom. The van der Waals surface area contributed by atoms with Crippen LogP contribution in [0.1, 0.15) is 23.1 Å². The van der Waals surface area contributed by atoms with Gasteiger partial charge in [0, 0.05) is 32.4 Å². The number of hydrazine groups is 1. The van der Waals surface area contributed by atoms with E-state index in [9.17, 15) is 0 Å². The van der Waals surface area contributed by atoms with E-state index in [-0.39, 0.29) is 6.04 Å². The number of hydrogen-bond donors (Lipinski definition) is 2. The van der Waals surface area contributed by atoms with Crippen LogP contribution in [-0.4, -0.2) is 19.6 Å². The molecule has 0 amide bonds. The summed E-state index contributed by atoms with van der Waals surface area (Å²) in [5.41, 5.74) is 6.05. The number of nitrogens with one attached hydrogen (secondary N) is 1. The molecule has 0 saturated heterocycles. The van der Waals surface area contributed by atoms with Crippen LogP contribution in [0.3, 0.4) is 0 Å². The van der Waals surface area contributed by atoms with E-state index in [4.69, 9.17) is 5.84 Å². The van der Waals surface area contributed by atoms with Crippen molar-refractivity contribution in [1.29, 1.82) is 0 Å². The monoisotopic (exact) mass is 234 g/mol. The second kappa shape index (κ2) is 4.68. The first-order valence-corrected chi connectivity index (χ1v) is 5.55. The van der Waals surface area contributed by atoms with Crippen molar-refractivity contribution in [3.63, 3.8) is 0 Å². The first-order valence-electron chi connectivity index (χ1n) is 5.55. The molecule has 17 heavy (non-hydrogen) atoms. The molecule has 2 aromatic heterocycles. The standard InChI is InChI=1S/C11H18N6/c1-8-6-9(16(2)15-8)7-10(14-12)11-4-5-13-17(11)3/h4-6,10,14H,7,12H2,1-3H3. The smallest absolute Gasteiger partial charge is 0.0684 e. The van der Waals surface area contributed by atoms with Crippen LogP contribution in [0.5, 0.6) is 0 Å². The number of rotatable bonds is 4. The van der Waals surface area contributed by atoms with Gasteiger partial charge in [0.05, 0.1) is 17.4 Å². The zero-order valence-corrected chi connectivity index (χ0v) is 10.4. The maximum atomic E-state index is 5.62. The van der Waals surface area contributed by atoms with E-state index in [1.165, 1.54) is 0 Å². The van der Waals surface area contributed by atoms with Crippen LogP contribution in [0.2, 0.25) is 0 Å². The topological polar surface area (TPSA) is 73.7 Å². The molecule has 0 fully saturated rings. The van der Waals surface area contributed by atoms with Gasteiger partial charge in [-0.25, -0.2) is 0 Å². The highest BCUT2D eigenvalue weighted by atomic mass is 15.3. The normalized spacial score (nSPS) is 12.9. The maximum Gasteiger partial charge on any atom is 0.0684 e. The molecule has 2 aromatic rings. The van der Waals surface area contributed by atoms with Gasteiger partial charge < -0.3 is 0 Å². The van der Waals surface area contributed by atoms with Crippen molar-refractivity contribution in [1.82, 2.24) is 25.0 Å². The lowest BCUT2D eigenvalue weighted by Crippen LogP contribution is -2.31. The molecule has 2 rings (SSSR count). The largest absolute Gasteiger partial charge is 0.272 e. The predicted octanol–water partition coefficient (Wildman–Crippen LogP) is 0.209. The molecule has 6 heteroatoms. The van der Waals surface area contributed by atoms with Gasteiger partial charge in [-0.15, -0.1) is 0 Å². The molecule has 92 valence electrons. The molecule has 1 unspecified atom stereocenters. The minimum atomic E-state index is 0.0392. The Morgan fingerprint density at radius 3 is 2.65 bits per heavy atom. The van der Waals surface area contributed by atoms with Crippen molar-refractivity contribution >= 4 is 0 Å². The Morgan fingerprint density at radius 2 is 2.18 bits per heavy atom. The fraction of sp³-hybridized carbons (Fsp3) is 0.455. The van der Waals surface area contributed by atoms with Crippen molar-refractivity contribution in [2.45, 2.75) is 19.4 Å². The maximum absolute atomic E-state index is 5.62. The minimum absolute atomic E-state index is 0.0392. The van der Waals surface area contributed by atoms with Crippen LogP contribution in [0.15, 0.2) is 18.3 Å². The molecular weight excluding hydrogens is 216 g/mol. The van der Waals surface area contributed by atoms with E-state index in [1.54, 1.807) is 6.20 Å². The lowest BCUT2D eigenvalue weighted by atomic mass is 10.1. The van der Waals surface area contributed by atoms with Crippen molar-refractivity contribution in [3.8, 4) is 0 Å². The van der Waals surface area contributed by atoms with Gasteiger partial charge in [0.15, 0.2) is 0 Å². The summed E-state index contributed by atoms with van der Waals surface area (Å²) < 4.78 is 3.71.